The molecule has 0 amide bonds. The normalized spacial score (nSPS) is 10.3. The van der Waals surface area contributed by atoms with Crippen LogP contribution < -0.4 is 14.2 Å². The van der Waals surface area contributed by atoms with Crippen LogP contribution in [0.3, 0.4) is 0 Å². The molecular formula is C25H18O5. The second-order valence-corrected chi connectivity index (χ2v) is 6.39. The Morgan fingerprint density at radius 1 is 0.467 bits per heavy atom. The Morgan fingerprint density at radius 2 is 0.767 bits per heavy atom. The van der Waals surface area contributed by atoms with Gasteiger partial charge in [-0.05, 0) is 84.9 Å². The Morgan fingerprint density at radius 3 is 1.10 bits per heavy atom. The monoisotopic (exact) mass is 398 g/mol. The number of carbonyl (C=O) groups is 1. The zero-order chi connectivity index (χ0) is 20.8. The van der Waals surface area contributed by atoms with Crippen molar-refractivity contribution in [3.05, 3.63) is 109 Å². The second kappa shape index (κ2) is 8.84. The topological polar surface area (TPSA) is 65.0 Å². The standard InChI is InChI=1S/C25H18O5/c26-25(27)18-6-8-20(9-7-18)29-22-14-16-24(17-15-22)30-23-12-10-21(11-13-23)28-19-4-2-1-3-5-19/h1-17H,(H,26,27). The predicted molar refractivity (Wildman–Crippen MR) is 113 cm³/mol. The summed E-state index contributed by atoms with van der Waals surface area (Å²) in [6, 6.07) is 30.4. The number of carboxylic acids is 1. The molecule has 0 saturated carbocycles. The number of ether oxygens (including phenoxy) is 3. The Balaban J connectivity index is 1.35. The van der Waals surface area contributed by atoms with Crippen molar-refractivity contribution >= 4 is 5.97 Å². The Hall–Kier alpha value is -4.25. The van der Waals surface area contributed by atoms with Gasteiger partial charge in [0.15, 0.2) is 0 Å². The average molecular weight is 398 g/mol. The first-order valence-corrected chi connectivity index (χ1v) is 9.28. The molecule has 30 heavy (non-hydrogen) atoms. The highest BCUT2D eigenvalue weighted by atomic mass is 16.5. The van der Waals surface area contributed by atoms with Crippen molar-refractivity contribution < 1.29 is 24.1 Å². The van der Waals surface area contributed by atoms with Crippen LogP contribution in [0.4, 0.5) is 0 Å². The molecule has 1 N–H and O–H groups in total. The molecule has 4 rings (SSSR count). The van der Waals surface area contributed by atoms with Gasteiger partial charge >= 0.3 is 5.97 Å². The summed E-state index contributed by atoms with van der Waals surface area (Å²) >= 11 is 0. The van der Waals surface area contributed by atoms with E-state index in [9.17, 15) is 4.79 Å². The third-order valence-electron chi connectivity index (χ3n) is 4.20. The maximum atomic E-state index is 10.9. The lowest BCUT2D eigenvalue weighted by Crippen LogP contribution is -1.95. The van der Waals surface area contributed by atoms with Crippen LogP contribution >= 0.6 is 0 Å². The fourth-order valence-corrected chi connectivity index (χ4v) is 2.71. The molecule has 0 radical (unpaired) electrons. The van der Waals surface area contributed by atoms with Gasteiger partial charge in [0.1, 0.15) is 34.5 Å². The molecule has 4 aromatic carbocycles. The zero-order valence-corrected chi connectivity index (χ0v) is 15.9. The van der Waals surface area contributed by atoms with Gasteiger partial charge in [-0.25, -0.2) is 4.79 Å². The summed E-state index contributed by atoms with van der Waals surface area (Å²) in [4.78, 5) is 10.9. The summed E-state index contributed by atoms with van der Waals surface area (Å²) in [5, 5.41) is 8.94. The molecule has 0 aliphatic rings. The highest BCUT2D eigenvalue weighted by Crippen LogP contribution is 2.29. The fourth-order valence-electron chi connectivity index (χ4n) is 2.71. The first-order valence-electron chi connectivity index (χ1n) is 9.28. The van der Waals surface area contributed by atoms with Crippen molar-refractivity contribution in [2.75, 3.05) is 0 Å². The molecule has 5 heteroatoms. The molecule has 0 atom stereocenters. The highest BCUT2D eigenvalue weighted by molar-refractivity contribution is 5.87. The quantitative estimate of drug-likeness (QED) is 0.372. The Kier molecular flexibility index (Phi) is 5.62. The van der Waals surface area contributed by atoms with Crippen LogP contribution in [0.25, 0.3) is 0 Å². The van der Waals surface area contributed by atoms with E-state index in [0.717, 1.165) is 11.5 Å². The van der Waals surface area contributed by atoms with Crippen LogP contribution in [0.5, 0.6) is 34.5 Å². The maximum Gasteiger partial charge on any atom is 0.335 e. The van der Waals surface area contributed by atoms with Crippen LogP contribution in [-0.2, 0) is 0 Å². The summed E-state index contributed by atoms with van der Waals surface area (Å²) in [7, 11) is 0. The summed E-state index contributed by atoms with van der Waals surface area (Å²) in [6.45, 7) is 0. The minimum absolute atomic E-state index is 0.214. The number of hydrogen-bond acceptors (Lipinski definition) is 4. The SMILES string of the molecule is O=C(O)c1ccc(Oc2ccc(Oc3ccc(Oc4ccccc4)cc3)cc2)cc1. The third kappa shape index (κ3) is 4.97. The molecule has 0 aliphatic heterocycles. The minimum atomic E-state index is -0.970. The number of aromatic carboxylic acids is 1. The molecule has 0 aromatic heterocycles. The van der Waals surface area contributed by atoms with Crippen LogP contribution in [0.15, 0.2) is 103 Å². The van der Waals surface area contributed by atoms with Gasteiger partial charge in [-0.3, -0.25) is 0 Å². The minimum Gasteiger partial charge on any atom is -0.478 e. The summed E-state index contributed by atoms with van der Waals surface area (Å²) < 4.78 is 17.4. The van der Waals surface area contributed by atoms with E-state index in [4.69, 9.17) is 19.3 Å². The summed E-state index contributed by atoms with van der Waals surface area (Å²) in [5.41, 5.74) is 0.214. The number of carboxylic acid groups (broad SMARTS) is 1. The lowest BCUT2D eigenvalue weighted by molar-refractivity contribution is 0.0697. The van der Waals surface area contributed by atoms with E-state index >= 15 is 0 Å². The highest BCUT2D eigenvalue weighted by Gasteiger charge is 2.04. The largest absolute Gasteiger partial charge is 0.478 e. The molecule has 0 heterocycles. The molecule has 148 valence electrons. The van der Waals surface area contributed by atoms with Gasteiger partial charge in [-0.15, -0.1) is 0 Å². The number of hydrogen-bond donors (Lipinski definition) is 1. The number of rotatable bonds is 7. The van der Waals surface area contributed by atoms with E-state index in [1.54, 1.807) is 36.4 Å². The van der Waals surface area contributed by atoms with Gasteiger partial charge in [0, 0.05) is 0 Å². The van der Waals surface area contributed by atoms with Crippen LogP contribution in [0.1, 0.15) is 10.4 Å². The van der Waals surface area contributed by atoms with E-state index in [1.165, 1.54) is 12.1 Å². The molecule has 0 saturated heterocycles. The first kappa shape index (κ1) is 19.1. The van der Waals surface area contributed by atoms with Crippen molar-refractivity contribution in [3.8, 4) is 34.5 Å². The first-order chi connectivity index (χ1) is 14.7. The van der Waals surface area contributed by atoms with E-state index in [1.807, 2.05) is 54.6 Å². The van der Waals surface area contributed by atoms with Gasteiger partial charge in [0.2, 0.25) is 0 Å². The van der Waals surface area contributed by atoms with Gasteiger partial charge in [0.05, 0.1) is 5.56 Å². The van der Waals surface area contributed by atoms with Crippen LogP contribution in [-0.4, -0.2) is 11.1 Å². The van der Waals surface area contributed by atoms with Gasteiger partial charge in [0.25, 0.3) is 0 Å². The van der Waals surface area contributed by atoms with E-state index in [0.29, 0.717) is 23.0 Å². The molecule has 0 bridgehead atoms. The number of para-hydroxylation sites is 1. The molecule has 4 aromatic rings. The molecule has 0 aliphatic carbocycles. The number of benzene rings is 4. The molecule has 0 fully saturated rings. The summed E-state index contributed by atoms with van der Waals surface area (Å²) in [5.74, 6) is 3.07. The van der Waals surface area contributed by atoms with Gasteiger partial charge in [-0.2, -0.15) is 0 Å². The van der Waals surface area contributed by atoms with Crippen LogP contribution in [0, 0.1) is 0 Å². The predicted octanol–water partition coefficient (Wildman–Crippen LogP) is 6.76. The van der Waals surface area contributed by atoms with Gasteiger partial charge < -0.3 is 19.3 Å². The van der Waals surface area contributed by atoms with Crippen molar-refractivity contribution in [3.63, 3.8) is 0 Å². The Labute approximate surface area is 173 Å². The van der Waals surface area contributed by atoms with E-state index in [2.05, 4.69) is 0 Å². The van der Waals surface area contributed by atoms with Crippen molar-refractivity contribution in [2.24, 2.45) is 0 Å². The van der Waals surface area contributed by atoms with E-state index in [-0.39, 0.29) is 5.56 Å². The van der Waals surface area contributed by atoms with Gasteiger partial charge in [-0.1, -0.05) is 18.2 Å². The van der Waals surface area contributed by atoms with Crippen molar-refractivity contribution in [1.29, 1.82) is 0 Å². The average Bonchev–Trinajstić information content (AvgIpc) is 2.78. The second-order valence-electron chi connectivity index (χ2n) is 6.39. The van der Waals surface area contributed by atoms with E-state index < -0.39 is 5.97 Å². The van der Waals surface area contributed by atoms with Crippen molar-refractivity contribution in [1.82, 2.24) is 0 Å². The molecule has 5 nitrogen and oxygen atoms in total. The summed E-state index contributed by atoms with van der Waals surface area (Å²) in [6.07, 6.45) is 0. The third-order valence-corrected chi connectivity index (χ3v) is 4.20. The maximum absolute atomic E-state index is 10.9. The fraction of sp³-hybridized carbons (Fsp3) is 0. The molecular weight excluding hydrogens is 380 g/mol. The lowest BCUT2D eigenvalue weighted by atomic mass is 10.2. The molecule has 0 spiro atoms. The molecule has 0 unspecified atom stereocenters. The smallest absolute Gasteiger partial charge is 0.335 e. The zero-order valence-electron chi connectivity index (χ0n) is 15.9. The lowest BCUT2D eigenvalue weighted by Gasteiger charge is -2.09. The Bertz CT molecular complexity index is 1100. The van der Waals surface area contributed by atoms with Crippen molar-refractivity contribution in [2.45, 2.75) is 0 Å². The van der Waals surface area contributed by atoms with Crippen LogP contribution in [0.2, 0.25) is 0 Å².